The van der Waals surface area contributed by atoms with E-state index in [1.54, 1.807) is 12.1 Å². The zero-order valence-electron chi connectivity index (χ0n) is 13.8. The maximum Gasteiger partial charge on any atom is 1.00 e. The van der Waals surface area contributed by atoms with E-state index in [4.69, 9.17) is 4.74 Å². The highest BCUT2D eigenvalue weighted by molar-refractivity contribution is 5.89. The van der Waals surface area contributed by atoms with Crippen molar-refractivity contribution in [2.24, 2.45) is 0 Å². The normalized spacial score (nSPS) is 18.8. The molecule has 0 saturated carbocycles. The lowest BCUT2D eigenvalue weighted by Gasteiger charge is -2.34. The molecule has 0 radical (unpaired) electrons. The van der Waals surface area contributed by atoms with Crippen molar-refractivity contribution in [2.75, 3.05) is 19.7 Å². The summed E-state index contributed by atoms with van der Waals surface area (Å²) in [7, 11) is 0. The van der Waals surface area contributed by atoms with Crippen LogP contribution in [0.1, 0.15) is 50.8 Å². The molecular formula is C17H26ClNO2. The Kier molecular flexibility index (Phi) is 8.40. The van der Waals surface area contributed by atoms with Gasteiger partial charge < -0.3 is 22.0 Å². The van der Waals surface area contributed by atoms with Crippen molar-refractivity contribution in [3.63, 3.8) is 0 Å². The fourth-order valence-electron chi connectivity index (χ4n) is 2.94. The highest BCUT2D eigenvalue weighted by Crippen LogP contribution is 2.20. The average molecular weight is 312 g/mol. The monoisotopic (exact) mass is 311 g/mol. The van der Waals surface area contributed by atoms with E-state index in [1.807, 2.05) is 18.2 Å². The van der Waals surface area contributed by atoms with Crippen LogP contribution in [0.5, 0.6) is 0 Å². The minimum atomic E-state index is -0.207. The summed E-state index contributed by atoms with van der Waals surface area (Å²) in [5.74, 6) is -0.207. The Morgan fingerprint density at radius 2 is 2.10 bits per heavy atom. The first-order chi connectivity index (χ1) is 9.81. The van der Waals surface area contributed by atoms with E-state index in [-0.39, 0.29) is 19.8 Å². The Hall–Kier alpha value is -1.06. The summed E-state index contributed by atoms with van der Waals surface area (Å²) in [4.78, 5) is 14.3. The number of ether oxygens (including phenoxy) is 1. The molecule has 4 heteroatoms. The quantitative estimate of drug-likeness (QED) is 0.570. The zero-order valence-corrected chi connectivity index (χ0v) is 13.5. The van der Waals surface area contributed by atoms with Gasteiger partial charge >= 0.3 is 7.40 Å². The van der Waals surface area contributed by atoms with Gasteiger partial charge in [-0.1, -0.05) is 31.5 Å². The Labute approximate surface area is 135 Å². The molecule has 118 valence electrons. The summed E-state index contributed by atoms with van der Waals surface area (Å²) in [5.41, 5.74) is 0.639. The van der Waals surface area contributed by atoms with Crippen LogP contribution < -0.4 is 12.4 Å². The molecule has 1 aromatic carbocycles. The van der Waals surface area contributed by atoms with Gasteiger partial charge in [-0.3, -0.25) is 0 Å². The van der Waals surface area contributed by atoms with Gasteiger partial charge in [0.1, 0.15) is 0 Å². The van der Waals surface area contributed by atoms with Crippen LogP contribution in [0.4, 0.5) is 0 Å². The van der Waals surface area contributed by atoms with Crippen molar-refractivity contribution in [3.05, 3.63) is 35.9 Å². The number of rotatable bonds is 6. The lowest BCUT2D eigenvalue weighted by Crippen LogP contribution is -3.00. The van der Waals surface area contributed by atoms with Crippen molar-refractivity contribution in [2.45, 2.75) is 45.1 Å². The first kappa shape index (κ1) is 18.0. The largest absolute Gasteiger partial charge is 1.00 e. The summed E-state index contributed by atoms with van der Waals surface area (Å²) in [6.45, 7) is 5.12. The van der Waals surface area contributed by atoms with Crippen LogP contribution in [0.3, 0.4) is 0 Å². The second-order valence-corrected chi connectivity index (χ2v) is 5.42. The van der Waals surface area contributed by atoms with E-state index in [1.165, 1.54) is 25.8 Å². The van der Waals surface area contributed by atoms with Gasteiger partial charge in [0.25, 0.3) is 0 Å². The minimum Gasteiger partial charge on any atom is -1.00 e. The number of carbonyl (C=O) groups excluding carboxylic acids is 1. The lowest BCUT2D eigenvalue weighted by atomic mass is 9.98. The molecule has 0 bridgehead atoms. The Bertz CT molecular complexity index is 416. The average Bonchev–Trinajstić information content (AvgIpc) is 2.52. The number of benzene rings is 1. The van der Waals surface area contributed by atoms with Crippen LogP contribution in [-0.2, 0) is 4.74 Å². The van der Waals surface area contributed by atoms with Gasteiger partial charge in [0, 0.05) is 6.04 Å². The molecular weight excluding hydrogens is 286 g/mol. The second kappa shape index (κ2) is 9.80. The maximum atomic E-state index is 11.8. The molecule has 1 aliphatic heterocycles. The molecule has 1 fully saturated rings. The molecule has 1 atom stereocenters. The van der Waals surface area contributed by atoms with E-state index in [2.05, 4.69) is 11.8 Å². The molecule has 0 amide bonds. The molecule has 1 heterocycles. The van der Waals surface area contributed by atoms with Crippen molar-refractivity contribution in [3.8, 4) is 0 Å². The molecule has 0 aromatic heterocycles. The van der Waals surface area contributed by atoms with Crippen molar-refractivity contribution in [1.82, 2.24) is 4.90 Å². The van der Waals surface area contributed by atoms with Crippen molar-refractivity contribution in [1.29, 1.82) is 0 Å². The molecule has 1 aliphatic rings. The third kappa shape index (κ3) is 5.68. The second-order valence-electron chi connectivity index (χ2n) is 5.42. The SMILES string of the molecule is CCN1CCCCC1CCCOC(=O)c1ccccc1.[Cl-].[H+]. The number of halogens is 1. The van der Waals surface area contributed by atoms with E-state index in [0.29, 0.717) is 18.2 Å². The molecule has 1 aromatic rings. The topological polar surface area (TPSA) is 29.5 Å². The summed E-state index contributed by atoms with van der Waals surface area (Å²) >= 11 is 0. The van der Waals surface area contributed by atoms with Crippen molar-refractivity contribution < 1.29 is 23.4 Å². The fraction of sp³-hybridized carbons (Fsp3) is 0.588. The predicted octanol–water partition coefficient (Wildman–Crippen LogP) is 0.615. The zero-order chi connectivity index (χ0) is 14.2. The van der Waals surface area contributed by atoms with E-state index in [0.717, 1.165) is 19.4 Å². The van der Waals surface area contributed by atoms with Gasteiger partial charge in [0.15, 0.2) is 0 Å². The van der Waals surface area contributed by atoms with Crippen LogP contribution in [0.15, 0.2) is 30.3 Å². The highest BCUT2D eigenvalue weighted by Gasteiger charge is 2.20. The molecule has 1 saturated heterocycles. The third-order valence-electron chi connectivity index (χ3n) is 4.08. The first-order valence-electron chi connectivity index (χ1n) is 7.77. The Morgan fingerprint density at radius 1 is 1.33 bits per heavy atom. The van der Waals surface area contributed by atoms with Crippen molar-refractivity contribution >= 4 is 5.97 Å². The third-order valence-corrected chi connectivity index (χ3v) is 4.08. The summed E-state index contributed by atoms with van der Waals surface area (Å²) in [6, 6.07) is 9.89. The molecule has 0 N–H and O–H groups in total. The first-order valence-corrected chi connectivity index (χ1v) is 7.77. The van der Waals surface area contributed by atoms with Crippen LogP contribution in [-0.4, -0.2) is 36.6 Å². The summed E-state index contributed by atoms with van der Waals surface area (Å²) in [5, 5.41) is 0. The van der Waals surface area contributed by atoms with Crippen LogP contribution in [0.25, 0.3) is 0 Å². The number of piperidine rings is 1. The molecule has 21 heavy (non-hydrogen) atoms. The van der Waals surface area contributed by atoms with Crippen LogP contribution in [0, 0.1) is 0 Å². The van der Waals surface area contributed by atoms with Crippen LogP contribution in [0.2, 0.25) is 0 Å². The summed E-state index contributed by atoms with van der Waals surface area (Å²) in [6.07, 6.45) is 6.05. The maximum absolute atomic E-state index is 11.8. The molecule has 0 aliphatic carbocycles. The summed E-state index contributed by atoms with van der Waals surface area (Å²) < 4.78 is 5.33. The smallest absolute Gasteiger partial charge is 1.00 e. The van der Waals surface area contributed by atoms with Gasteiger partial charge in [-0.05, 0) is 50.9 Å². The number of hydrogen-bond donors (Lipinski definition) is 0. The number of esters is 1. The van der Waals surface area contributed by atoms with E-state index < -0.39 is 0 Å². The van der Waals surface area contributed by atoms with Gasteiger partial charge in [0.05, 0.1) is 12.2 Å². The highest BCUT2D eigenvalue weighted by atomic mass is 35.5. The minimum absolute atomic E-state index is 0. The molecule has 3 nitrogen and oxygen atoms in total. The fourth-order valence-corrected chi connectivity index (χ4v) is 2.94. The predicted molar refractivity (Wildman–Crippen MR) is 82.0 cm³/mol. The molecule has 1 unspecified atom stereocenters. The van der Waals surface area contributed by atoms with Gasteiger partial charge in [-0.15, -0.1) is 0 Å². The Balaban J connectivity index is 0.00000220. The molecule has 0 spiro atoms. The van der Waals surface area contributed by atoms with Gasteiger partial charge in [-0.25, -0.2) is 4.79 Å². The number of hydrogen-bond acceptors (Lipinski definition) is 3. The number of carbonyl (C=O) groups is 1. The number of likely N-dealkylation sites (tertiary alicyclic amines) is 1. The van der Waals surface area contributed by atoms with Gasteiger partial charge in [0.2, 0.25) is 0 Å². The molecule has 2 rings (SSSR count). The van der Waals surface area contributed by atoms with Gasteiger partial charge in [-0.2, -0.15) is 0 Å². The van der Waals surface area contributed by atoms with Crippen LogP contribution >= 0.6 is 0 Å². The standard InChI is InChI=1S/C17H25NO2.ClH/c1-2-18-13-7-6-11-16(18)12-8-14-20-17(19)15-9-4-3-5-10-15;/h3-5,9-10,16H,2,6-8,11-14H2,1H3;1H. The Morgan fingerprint density at radius 3 is 2.81 bits per heavy atom. The van der Waals surface area contributed by atoms with E-state index in [9.17, 15) is 4.79 Å². The van der Waals surface area contributed by atoms with E-state index >= 15 is 0 Å². The lowest BCUT2D eigenvalue weighted by molar-refractivity contribution is -0.0000225. The number of nitrogens with zero attached hydrogens (tertiary/aromatic N) is 1.